The Morgan fingerprint density at radius 1 is 1.46 bits per heavy atom. The van der Waals surface area contributed by atoms with Crippen molar-refractivity contribution in [3.63, 3.8) is 0 Å². The molecule has 0 fully saturated rings. The van der Waals surface area contributed by atoms with Crippen molar-refractivity contribution in [2.45, 2.75) is 13.8 Å². The number of amides is 1. The molecule has 1 rings (SSSR count). The maximum Gasteiger partial charge on any atom is 0.221 e. The van der Waals surface area contributed by atoms with E-state index in [9.17, 15) is 9.59 Å². The Balaban J connectivity index is 3.02. The molecule has 0 aromatic heterocycles. The molecule has 4 heteroatoms. The summed E-state index contributed by atoms with van der Waals surface area (Å²) in [5, 5.41) is 9.82. The summed E-state index contributed by atoms with van der Waals surface area (Å²) in [5.41, 5.74) is 0.964. The molecule has 0 aliphatic heterocycles. The van der Waals surface area contributed by atoms with E-state index in [1.807, 2.05) is 0 Å². The molecule has 0 radical (unpaired) electrons. The van der Waals surface area contributed by atoms with Crippen LogP contribution in [-0.2, 0) is 9.59 Å². The number of hydrogen-bond acceptors (Lipinski definition) is 3. The second-order valence-corrected chi connectivity index (χ2v) is 2.79. The largest absolute Gasteiger partial charge is 0.323 e. The maximum absolute atomic E-state index is 11.2. The van der Waals surface area contributed by atoms with E-state index in [4.69, 9.17) is 5.41 Å². The summed E-state index contributed by atoms with van der Waals surface area (Å²) in [6.07, 6.45) is 2.70. The fourth-order valence-electron chi connectivity index (χ4n) is 1.02. The van der Waals surface area contributed by atoms with Gasteiger partial charge in [0.2, 0.25) is 11.7 Å². The van der Waals surface area contributed by atoms with E-state index in [2.05, 4.69) is 5.32 Å². The van der Waals surface area contributed by atoms with Gasteiger partial charge in [0.25, 0.3) is 0 Å². The summed E-state index contributed by atoms with van der Waals surface area (Å²) in [5.74, 6) is -0.561. The standard InChI is InChI=1S/C9H10N2O2/c1-5-7(10)3-4-8(13)9(5)11-6(2)12/h3-4,10H,1-2H3,(H,11,12). The van der Waals surface area contributed by atoms with E-state index < -0.39 is 0 Å². The van der Waals surface area contributed by atoms with Crippen molar-refractivity contribution in [1.82, 2.24) is 5.32 Å². The van der Waals surface area contributed by atoms with E-state index >= 15 is 0 Å². The average Bonchev–Trinajstić information content (AvgIpc) is 2.05. The van der Waals surface area contributed by atoms with E-state index in [-0.39, 0.29) is 23.1 Å². The molecule has 13 heavy (non-hydrogen) atoms. The van der Waals surface area contributed by atoms with Crippen molar-refractivity contribution in [2.24, 2.45) is 0 Å². The highest BCUT2D eigenvalue weighted by Gasteiger charge is 2.17. The lowest BCUT2D eigenvalue weighted by Crippen LogP contribution is -2.28. The van der Waals surface area contributed by atoms with Crippen LogP contribution in [0, 0.1) is 5.41 Å². The molecular weight excluding hydrogens is 168 g/mol. The molecule has 0 saturated carbocycles. The third-order valence-electron chi connectivity index (χ3n) is 1.73. The van der Waals surface area contributed by atoms with Gasteiger partial charge in [0.05, 0.1) is 11.4 Å². The Labute approximate surface area is 75.8 Å². The first-order chi connectivity index (χ1) is 6.02. The van der Waals surface area contributed by atoms with Crippen LogP contribution in [0.1, 0.15) is 13.8 Å². The van der Waals surface area contributed by atoms with E-state index in [1.165, 1.54) is 19.1 Å². The highest BCUT2D eigenvalue weighted by Crippen LogP contribution is 2.10. The number of ketones is 1. The molecule has 0 unspecified atom stereocenters. The minimum Gasteiger partial charge on any atom is -0.323 e. The van der Waals surface area contributed by atoms with Gasteiger partial charge in [0.1, 0.15) is 0 Å². The fourth-order valence-corrected chi connectivity index (χ4v) is 1.02. The van der Waals surface area contributed by atoms with Gasteiger partial charge in [0, 0.05) is 12.5 Å². The Kier molecular flexibility index (Phi) is 2.41. The number of carbonyl (C=O) groups is 2. The molecule has 68 valence electrons. The monoisotopic (exact) mass is 178 g/mol. The zero-order valence-electron chi connectivity index (χ0n) is 7.47. The van der Waals surface area contributed by atoms with Crippen LogP contribution < -0.4 is 5.32 Å². The third kappa shape index (κ3) is 1.90. The van der Waals surface area contributed by atoms with Crippen molar-refractivity contribution in [1.29, 1.82) is 5.41 Å². The van der Waals surface area contributed by atoms with Crippen LogP contribution in [0.25, 0.3) is 0 Å². The van der Waals surface area contributed by atoms with Gasteiger partial charge in [-0.1, -0.05) is 0 Å². The second-order valence-electron chi connectivity index (χ2n) is 2.79. The second kappa shape index (κ2) is 3.35. The highest BCUT2D eigenvalue weighted by molar-refractivity contribution is 6.21. The molecule has 1 aliphatic carbocycles. The number of hydrogen-bond donors (Lipinski definition) is 2. The molecule has 1 amide bonds. The van der Waals surface area contributed by atoms with Crippen LogP contribution in [0.2, 0.25) is 0 Å². The fraction of sp³-hybridized carbons (Fsp3) is 0.222. The van der Waals surface area contributed by atoms with Gasteiger partial charge >= 0.3 is 0 Å². The molecule has 0 atom stereocenters. The van der Waals surface area contributed by atoms with Crippen LogP contribution in [0.5, 0.6) is 0 Å². The molecule has 2 N–H and O–H groups in total. The lowest BCUT2D eigenvalue weighted by molar-refractivity contribution is -0.120. The van der Waals surface area contributed by atoms with E-state index in [1.54, 1.807) is 6.92 Å². The number of rotatable bonds is 1. The Morgan fingerprint density at radius 2 is 2.08 bits per heavy atom. The Morgan fingerprint density at radius 3 is 2.62 bits per heavy atom. The number of allylic oxidation sites excluding steroid dienone is 3. The van der Waals surface area contributed by atoms with Gasteiger partial charge in [-0.05, 0) is 19.1 Å². The SMILES string of the molecule is CC(=O)NC1=C(C)C(=N)C=CC1=O. The summed E-state index contributed by atoms with van der Waals surface area (Å²) < 4.78 is 0. The molecule has 0 spiro atoms. The van der Waals surface area contributed by atoms with E-state index in [0.29, 0.717) is 5.57 Å². The van der Waals surface area contributed by atoms with Gasteiger partial charge in [-0.15, -0.1) is 0 Å². The molecule has 0 aromatic carbocycles. The van der Waals surface area contributed by atoms with Crippen LogP contribution in [0.15, 0.2) is 23.4 Å². The quantitative estimate of drug-likeness (QED) is 0.576. The average molecular weight is 178 g/mol. The zero-order valence-corrected chi connectivity index (χ0v) is 7.47. The molecule has 4 nitrogen and oxygen atoms in total. The summed E-state index contributed by atoms with van der Waals surface area (Å²) in [6, 6.07) is 0. The van der Waals surface area contributed by atoms with Crippen molar-refractivity contribution in [3.05, 3.63) is 23.4 Å². The van der Waals surface area contributed by atoms with Gasteiger partial charge in [-0.25, -0.2) is 0 Å². The summed E-state index contributed by atoms with van der Waals surface area (Å²) in [7, 11) is 0. The molecule has 0 saturated heterocycles. The first-order valence-corrected chi connectivity index (χ1v) is 3.82. The zero-order chi connectivity index (χ0) is 10.0. The molecule has 1 aliphatic rings. The van der Waals surface area contributed by atoms with Crippen molar-refractivity contribution in [3.8, 4) is 0 Å². The third-order valence-corrected chi connectivity index (χ3v) is 1.73. The topological polar surface area (TPSA) is 70.0 Å². The van der Waals surface area contributed by atoms with Crippen molar-refractivity contribution < 1.29 is 9.59 Å². The number of nitrogens with one attached hydrogen (secondary N) is 2. The molecule has 0 aromatic rings. The molecule has 0 bridgehead atoms. The molecule has 0 heterocycles. The lowest BCUT2D eigenvalue weighted by atomic mass is 10.0. The number of carbonyl (C=O) groups excluding carboxylic acids is 2. The van der Waals surface area contributed by atoms with Gasteiger partial charge in [-0.3, -0.25) is 9.59 Å². The van der Waals surface area contributed by atoms with Crippen LogP contribution >= 0.6 is 0 Å². The molecular formula is C9H10N2O2. The van der Waals surface area contributed by atoms with Crippen LogP contribution in [0.3, 0.4) is 0 Å². The normalized spacial score (nSPS) is 16.5. The van der Waals surface area contributed by atoms with E-state index in [0.717, 1.165) is 0 Å². The first kappa shape index (κ1) is 9.38. The highest BCUT2D eigenvalue weighted by atomic mass is 16.2. The summed E-state index contributed by atoms with van der Waals surface area (Å²) in [6.45, 7) is 2.96. The minimum atomic E-state index is -0.300. The Hall–Kier alpha value is -1.71. The van der Waals surface area contributed by atoms with Crippen LogP contribution in [0.4, 0.5) is 0 Å². The van der Waals surface area contributed by atoms with Gasteiger partial charge in [0.15, 0.2) is 0 Å². The first-order valence-electron chi connectivity index (χ1n) is 3.82. The summed E-state index contributed by atoms with van der Waals surface area (Å²) >= 11 is 0. The predicted molar refractivity (Wildman–Crippen MR) is 48.4 cm³/mol. The Bertz CT molecular complexity index is 351. The summed E-state index contributed by atoms with van der Waals surface area (Å²) in [4.78, 5) is 21.9. The minimum absolute atomic E-state index is 0.208. The van der Waals surface area contributed by atoms with Crippen molar-refractivity contribution in [2.75, 3.05) is 0 Å². The van der Waals surface area contributed by atoms with Gasteiger partial charge < -0.3 is 10.7 Å². The lowest BCUT2D eigenvalue weighted by Gasteiger charge is -2.12. The maximum atomic E-state index is 11.2. The van der Waals surface area contributed by atoms with Gasteiger partial charge in [-0.2, -0.15) is 0 Å². The van der Waals surface area contributed by atoms with Crippen molar-refractivity contribution >= 4 is 17.4 Å². The smallest absolute Gasteiger partial charge is 0.221 e. The predicted octanol–water partition coefficient (Wildman–Crippen LogP) is 0.555. The van der Waals surface area contributed by atoms with Crippen LogP contribution in [-0.4, -0.2) is 17.4 Å².